The van der Waals surface area contributed by atoms with Crippen LogP contribution in [0.4, 0.5) is 0 Å². The molecule has 4 nitrogen and oxygen atoms in total. The molecular weight excluding hydrogens is 214 g/mol. The number of rotatable bonds is 4. The van der Waals surface area contributed by atoms with Crippen LogP contribution in [0.5, 0.6) is 0 Å². The maximum absolute atomic E-state index is 5.50. The quantitative estimate of drug-likeness (QED) is 0.771. The van der Waals surface area contributed by atoms with Gasteiger partial charge in [-0.25, -0.2) is 0 Å². The molecule has 2 atom stereocenters. The molecule has 17 heavy (non-hydrogen) atoms. The lowest BCUT2D eigenvalue weighted by atomic mass is 10.1. The van der Waals surface area contributed by atoms with E-state index in [9.17, 15) is 0 Å². The first-order chi connectivity index (χ1) is 8.29. The van der Waals surface area contributed by atoms with Gasteiger partial charge in [0.05, 0.1) is 13.2 Å². The number of piperazine rings is 1. The Morgan fingerprint density at radius 3 is 2.65 bits per heavy atom. The Balaban J connectivity index is 1.67. The molecule has 0 aliphatic carbocycles. The fourth-order valence-corrected chi connectivity index (χ4v) is 2.69. The van der Waals surface area contributed by atoms with Gasteiger partial charge in [0.25, 0.3) is 0 Å². The Kier molecular flexibility index (Phi) is 5.22. The third-order valence-corrected chi connectivity index (χ3v) is 4.10. The molecule has 2 aliphatic rings. The predicted molar refractivity (Wildman–Crippen MR) is 70.4 cm³/mol. The highest BCUT2D eigenvalue weighted by molar-refractivity contribution is 4.80. The summed E-state index contributed by atoms with van der Waals surface area (Å²) < 4.78 is 5.50. The number of nitrogens with zero attached hydrogens (tertiary/aromatic N) is 2. The van der Waals surface area contributed by atoms with Gasteiger partial charge in [-0.1, -0.05) is 6.92 Å². The van der Waals surface area contributed by atoms with Crippen LogP contribution >= 0.6 is 0 Å². The maximum Gasteiger partial charge on any atom is 0.0632 e. The van der Waals surface area contributed by atoms with Gasteiger partial charge in [0.15, 0.2) is 0 Å². The van der Waals surface area contributed by atoms with E-state index in [0.29, 0.717) is 6.04 Å². The van der Waals surface area contributed by atoms with Crippen molar-refractivity contribution in [2.24, 2.45) is 0 Å². The van der Waals surface area contributed by atoms with Gasteiger partial charge in [0.2, 0.25) is 0 Å². The second-order valence-electron chi connectivity index (χ2n) is 5.32. The second kappa shape index (κ2) is 6.69. The van der Waals surface area contributed by atoms with E-state index in [-0.39, 0.29) is 0 Å². The number of hydrogen-bond acceptors (Lipinski definition) is 4. The molecule has 2 aliphatic heterocycles. The van der Waals surface area contributed by atoms with Crippen molar-refractivity contribution >= 4 is 0 Å². The first kappa shape index (κ1) is 13.3. The standard InChI is InChI=1S/C13H27N3O/c1-3-12(2)16-7-5-15(6-8-16)10-13-11-17-9-4-14-13/h12-14H,3-11H2,1-2H3. The molecule has 2 heterocycles. The zero-order valence-corrected chi connectivity index (χ0v) is 11.3. The third kappa shape index (κ3) is 3.91. The fraction of sp³-hybridized carbons (Fsp3) is 1.00. The zero-order valence-electron chi connectivity index (χ0n) is 11.3. The van der Waals surface area contributed by atoms with Gasteiger partial charge in [-0.3, -0.25) is 9.80 Å². The minimum Gasteiger partial charge on any atom is -0.378 e. The number of nitrogens with one attached hydrogen (secondary N) is 1. The molecule has 0 bridgehead atoms. The van der Waals surface area contributed by atoms with Crippen LogP contribution in [0.2, 0.25) is 0 Å². The normalized spacial score (nSPS) is 30.4. The van der Waals surface area contributed by atoms with Crippen molar-refractivity contribution in [1.29, 1.82) is 0 Å². The first-order valence-corrected chi connectivity index (χ1v) is 7.07. The smallest absolute Gasteiger partial charge is 0.0632 e. The zero-order chi connectivity index (χ0) is 12.1. The Morgan fingerprint density at radius 1 is 1.29 bits per heavy atom. The molecule has 0 aromatic carbocycles. The number of ether oxygens (including phenoxy) is 1. The lowest BCUT2D eigenvalue weighted by Gasteiger charge is -2.39. The molecular formula is C13H27N3O. The van der Waals surface area contributed by atoms with Gasteiger partial charge in [-0.05, 0) is 13.3 Å². The number of hydrogen-bond donors (Lipinski definition) is 1. The molecule has 2 fully saturated rings. The van der Waals surface area contributed by atoms with E-state index in [1.54, 1.807) is 0 Å². The topological polar surface area (TPSA) is 27.7 Å². The summed E-state index contributed by atoms with van der Waals surface area (Å²) in [6.45, 7) is 13.4. The van der Waals surface area contributed by atoms with Crippen LogP contribution in [0.25, 0.3) is 0 Å². The minimum absolute atomic E-state index is 0.541. The molecule has 0 spiro atoms. The molecule has 0 aromatic rings. The number of morpholine rings is 1. The minimum atomic E-state index is 0.541. The lowest BCUT2D eigenvalue weighted by molar-refractivity contribution is 0.0446. The summed E-state index contributed by atoms with van der Waals surface area (Å²) >= 11 is 0. The van der Waals surface area contributed by atoms with Gasteiger partial charge in [0, 0.05) is 51.4 Å². The van der Waals surface area contributed by atoms with Gasteiger partial charge < -0.3 is 10.1 Å². The molecule has 0 amide bonds. The van der Waals surface area contributed by atoms with E-state index in [1.165, 1.54) is 32.6 Å². The molecule has 2 rings (SSSR count). The van der Waals surface area contributed by atoms with Crippen LogP contribution in [0.3, 0.4) is 0 Å². The molecule has 0 saturated carbocycles. The van der Waals surface area contributed by atoms with Crippen molar-refractivity contribution < 1.29 is 4.74 Å². The largest absolute Gasteiger partial charge is 0.378 e. The maximum atomic E-state index is 5.50. The highest BCUT2D eigenvalue weighted by Gasteiger charge is 2.23. The molecule has 2 saturated heterocycles. The predicted octanol–water partition coefficient (Wildman–Crippen LogP) is 0.391. The summed E-state index contributed by atoms with van der Waals surface area (Å²) in [6, 6.07) is 1.28. The first-order valence-electron chi connectivity index (χ1n) is 7.07. The van der Waals surface area contributed by atoms with Crippen LogP contribution in [0.1, 0.15) is 20.3 Å². The van der Waals surface area contributed by atoms with E-state index in [0.717, 1.165) is 32.3 Å². The van der Waals surface area contributed by atoms with Gasteiger partial charge in [-0.2, -0.15) is 0 Å². The molecule has 0 radical (unpaired) electrons. The van der Waals surface area contributed by atoms with E-state index in [2.05, 4.69) is 29.0 Å². The van der Waals surface area contributed by atoms with Crippen LogP contribution < -0.4 is 5.32 Å². The van der Waals surface area contributed by atoms with Crippen LogP contribution in [-0.2, 0) is 4.74 Å². The Labute approximate surface area is 105 Å². The summed E-state index contributed by atoms with van der Waals surface area (Å²) in [7, 11) is 0. The summed E-state index contributed by atoms with van der Waals surface area (Å²) in [5.74, 6) is 0. The summed E-state index contributed by atoms with van der Waals surface area (Å²) in [5.41, 5.74) is 0. The molecule has 2 unspecified atom stereocenters. The van der Waals surface area contributed by atoms with E-state index in [4.69, 9.17) is 4.74 Å². The second-order valence-corrected chi connectivity index (χ2v) is 5.32. The van der Waals surface area contributed by atoms with Gasteiger partial charge in [0.1, 0.15) is 0 Å². The van der Waals surface area contributed by atoms with E-state index >= 15 is 0 Å². The Bertz CT molecular complexity index is 211. The van der Waals surface area contributed by atoms with E-state index in [1.807, 2.05) is 0 Å². The monoisotopic (exact) mass is 241 g/mol. The summed E-state index contributed by atoms with van der Waals surface area (Å²) in [4.78, 5) is 5.19. The highest BCUT2D eigenvalue weighted by Crippen LogP contribution is 2.09. The van der Waals surface area contributed by atoms with Crippen molar-refractivity contribution in [2.75, 3.05) is 52.5 Å². The summed E-state index contributed by atoms with van der Waals surface area (Å²) in [6.07, 6.45) is 1.26. The molecule has 1 N–H and O–H groups in total. The third-order valence-electron chi connectivity index (χ3n) is 4.10. The van der Waals surface area contributed by atoms with Crippen molar-refractivity contribution in [3.63, 3.8) is 0 Å². The molecule has 100 valence electrons. The Hall–Kier alpha value is -0.160. The van der Waals surface area contributed by atoms with Gasteiger partial charge >= 0.3 is 0 Å². The molecule has 0 aromatic heterocycles. The van der Waals surface area contributed by atoms with Gasteiger partial charge in [-0.15, -0.1) is 0 Å². The van der Waals surface area contributed by atoms with Crippen molar-refractivity contribution in [3.8, 4) is 0 Å². The SMILES string of the molecule is CCC(C)N1CCN(CC2COCCN2)CC1. The fourth-order valence-electron chi connectivity index (χ4n) is 2.69. The van der Waals surface area contributed by atoms with Crippen LogP contribution in [0.15, 0.2) is 0 Å². The van der Waals surface area contributed by atoms with Crippen molar-refractivity contribution in [2.45, 2.75) is 32.4 Å². The summed E-state index contributed by atoms with van der Waals surface area (Å²) in [5, 5.41) is 3.53. The molecule has 4 heteroatoms. The highest BCUT2D eigenvalue weighted by atomic mass is 16.5. The average Bonchev–Trinajstić information content (AvgIpc) is 2.40. The van der Waals surface area contributed by atoms with E-state index < -0.39 is 0 Å². The lowest BCUT2D eigenvalue weighted by Crippen LogP contribution is -2.54. The Morgan fingerprint density at radius 2 is 2.06 bits per heavy atom. The average molecular weight is 241 g/mol. The van der Waals surface area contributed by atoms with Crippen LogP contribution in [-0.4, -0.2) is 74.4 Å². The van der Waals surface area contributed by atoms with Crippen molar-refractivity contribution in [3.05, 3.63) is 0 Å². The van der Waals surface area contributed by atoms with Crippen molar-refractivity contribution in [1.82, 2.24) is 15.1 Å². The van der Waals surface area contributed by atoms with Crippen LogP contribution in [0, 0.1) is 0 Å².